The Morgan fingerprint density at radius 3 is 1.50 bits per heavy atom. The van der Waals surface area contributed by atoms with Crippen molar-refractivity contribution in [3.63, 3.8) is 0 Å². The van der Waals surface area contributed by atoms with Crippen LogP contribution in [0, 0.1) is 0 Å². The number of hydrogen-bond donors (Lipinski definition) is 2. The van der Waals surface area contributed by atoms with E-state index in [2.05, 4.69) is 4.98 Å². The summed E-state index contributed by atoms with van der Waals surface area (Å²) >= 11 is 0. The highest BCUT2D eigenvalue weighted by atomic mass is 16.5. The number of nitrogens with zero attached hydrogens (tertiary/aromatic N) is 1. The van der Waals surface area contributed by atoms with Crippen molar-refractivity contribution in [3.8, 4) is 23.3 Å². The Morgan fingerprint density at radius 1 is 0.591 bits per heavy atom. The summed E-state index contributed by atoms with van der Waals surface area (Å²) in [5.74, 6) is 1.88. The van der Waals surface area contributed by atoms with Gasteiger partial charge < -0.3 is 20.9 Å². The quantitative estimate of drug-likeness (QED) is 0.714. The van der Waals surface area contributed by atoms with E-state index in [0.29, 0.717) is 34.6 Å². The largest absolute Gasteiger partial charge is 0.437 e. The average Bonchev–Trinajstić information content (AvgIpc) is 2.52. The number of anilines is 2. The van der Waals surface area contributed by atoms with Crippen LogP contribution in [0.3, 0.4) is 0 Å². The number of pyridine rings is 1. The number of benzene rings is 2. The van der Waals surface area contributed by atoms with Gasteiger partial charge in [-0.1, -0.05) is 30.3 Å². The number of nitrogens with two attached hydrogens (primary N) is 2. The number of ether oxygens (including phenoxy) is 2. The van der Waals surface area contributed by atoms with Crippen LogP contribution in [-0.4, -0.2) is 4.98 Å². The van der Waals surface area contributed by atoms with Crippen molar-refractivity contribution in [2.45, 2.75) is 0 Å². The van der Waals surface area contributed by atoms with E-state index >= 15 is 0 Å². The van der Waals surface area contributed by atoms with E-state index in [1.54, 1.807) is 42.5 Å². The van der Waals surface area contributed by atoms with Crippen molar-refractivity contribution in [1.82, 2.24) is 4.98 Å². The molecule has 0 saturated heterocycles. The fourth-order valence-electron chi connectivity index (χ4n) is 1.88. The minimum atomic E-state index is 0.393. The zero-order chi connectivity index (χ0) is 15.4. The van der Waals surface area contributed by atoms with Crippen molar-refractivity contribution in [1.29, 1.82) is 0 Å². The molecule has 3 aromatic rings. The van der Waals surface area contributed by atoms with Gasteiger partial charge in [0.05, 0.1) is 11.4 Å². The average molecular weight is 293 g/mol. The van der Waals surface area contributed by atoms with Gasteiger partial charge in [0, 0.05) is 12.1 Å². The SMILES string of the molecule is Nc1ccccc1Oc1cccc(Oc2ccccc2N)n1. The molecule has 0 atom stereocenters. The van der Waals surface area contributed by atoms with Crippen LogP contribution in [0.25, 0.3) is 0 Å². The molecule has 2 aromatic carbocycles. The molecule has 3 rings (SSSR count). The molecule has 0 aliphatic carbocycles. The molecule has 1 aromatic heterocycles. The third kappa shape index (κ3) is 3.09. The smallest absolute Gasteiger partial charge is 0.222 e. The fraction of sp³-hybridized carbons (Fsp3) is 0. The van der Waals surface area contributed by atoms with Crippen LogP contribution in [0.4, 0.5) is 11.4 Å². The fourth-order valence-corrected chi connectivity index (χ4v) is 1.88. The van der Waals surface area contributed by atoms with Crippen molar-refractivity contribution in [3.05, 3.63) is 66.7 Å². The molecule has 110 valence electrons. The first-order valence-electron chi connectivity index (χ1n) is 6.74. The lowest BCUT2D eigenvalue weighted by molar-refractivity contribution is 0.428. The Morgan fingerprint density at radius 2 is 1.05 bits per heavy atom. The molecule has 5 nitrogen and oxygen atoms in total. The van der Waals surface area contributed by atoms with Gasteiger partial charge in [-0.05, 0) is 24.3 Å². The second kappa shape index (κ2) is 6.05. The van der Waals surface area contributed by atoms with Crippen molar-refractivity contribution >= 4 is 11.4 Å². The van der Waals surface area contributed by atoms with E-state index < -0.39 is 0 Å². The van der Waals surface area contributed by atoms with Gasteiger partial charge in [-0.3, -0.25) is 0 Å². The van der Waals surface area contributed by atoms with Crippen molar-refractivity contribution in [2.75, 3.05) is 11.5 Å². The first kappa shape index (κ1) is 13.8. The Hall–Kier alpha value is -3.21. The minimum absolute atomic E-state index is 0.393. The summed E-state index contributed by atoms with van der Waals surface area (Å²) in [5.41, 5.74) is 12.8. The molecule has 4 N–H and O–H groups in total. The van der Waals surface area contributed by atoms with Gasteiger partial charge in [0.25, 0.3) is 0 Å². The summed E-state index contributed by atoms with van der Waals surface area (Å²) in [6.45, 7) is 0. The zero-order valence-electron chi connectivity index (χ0n) is 11.8. The molecule has 0 unspecified atom stereocenters. The highest BCUT2D eigenvalue weighted by Gasteiger charge is 2.06. The van der Waals surface area contributed by atoms with Crippen LogP contribution in [0.2, 0.25) is 0 Å². The molecule has 22 heavy (non-hydrogen) atoms. The van der Waals surface area contributed by atoms with Gasteiger partial charge in [0.1, 0.15) is 0 Å². The van der Waals surface area contributed by atoms with Crippen LogP contribution >= 0.6 is 0 Å². The maximum atomic E-state index is 5.85. The lowest BCUT2D eigenvalue weighted by atomic mass is 10.3. The number of para-hydroxylation sites is 4. The monoisotopic (exact) mass is 293 g/mol. The lowest BCUT2D eigenvalue weighted by Gasteiger charge is -2.10. The van der Waals surface area contributed by atoms with E-state index in [1.807, 2.05) is 24.3 Å². The van der Waals surface area contributed by atoms with E-state index in [1.165, 1.54) is 0 Å². The molecule has 0 aliphatic heterocycles. The molecule has 5 heteroatoms. The molecule has 0 saturated carbocycles. The normalized spacial score (nSPS) is 10.2. The highest BCUT2D eigenvalue weighted by Crippen LogP contribution is 2.29. The molecule has 1 heterocycles. The lowest BCUT2D eigenvalue weighted by Crippen LogP contribution is -1.96. The van der Waals surface area contributed by atoms with Gasteiger partial charge in [-0.2, -0.15) is 4.98 Å². The van der Waals surface area contributed by atoms with E-state index in [0.717, 1.165) is 0 Å². The third-order valence-corrected chi connectivity index (χ3v) is 2.97. The molecular formula is C17H15N3O2. The van der Waals surface area contributed by atoms with Crippen molar-refractivity contribution < 1.29 is 9.47 Å². The van der Waals surface area contributed by atoms with Gasteiger partial charge in [0.15, 0.2) is 11.5 Å². The molecule has 0 aliphatic rings. The van der Waals surface area contributed by atoms with Gasteiger partial charge in [-0.25, -0.2) is 0 Å². The zero-order valence-corrected chi connectivity index (χ0v) is 11.8. The van der Waals surface area contributed by atoms with Crippen LogP contribution in [0.5, 0.6) is 23.3 Å². The first-order valence-corrected chi connectivity index (χ1v) is 6.74. The molecule has 0 amide bonds. The Labute approximate surface area is 128 Å². The number of rotatable bonds is 4. The second-order valence-corrected chi connectivity index (χ2v) is 4.59. The predicted molar refractivity (Wildman–Crippen MR) is 86.1 cm³/mol. The second-order valence-electron chi connectivity index (χ2n) is 4.59. The van der Waals surface area contributed by atoms with Crippen LogP contribution in [0.15, 0.2) is 66.7 Å². The van der Waals surface area contributed by atoms with Crippen LogP contribution in [0.1, 0.15) is 0 Å². The Kier molecular flexibility index (Phi) is 3.78. The number of nitrogen functional groups attached to an aromatic ring is 2. The summed E-state index contributed by atoms with van der Waals surface area (Å²) in [5, 5.41) is 0. The maximum Gasteiger partial charge on any atom is 0.222 e. The summed E-state index contributed by atoms with van der Waals surface area (Å²) in [6.07, 6.45) is 0. The van der Waals surface area contributed by atoms with Gasteiger partial charge in [0.2, 0.25) is 11.8 Å². The van der Waals surface area contributed by atoms with Gasteiger partial charge in [-0.15, -0.1) is 0 Å². The molecule has 0 radical (unpaired) electrons. The highest BCUT2D eigenvalue weighted by molar-refractivity contribution is 5.54. The van der Waals surface area contributed by atoms with E-state index in [4.69, 9.17) is 20.9 Å². The van der Waals surface area contributed by atoms with Gasteiger partial charge >= 0.3 is 0 Å². The summed E-state index contributed by atoms with van der Waals surface area (Å²) < 4.78 is 11.3. The Bertz CT molecular complexity index is 727. The Balaban J connectivity index is 1.81. The molecule has 0 fully saturated rings. The molecule has 0 bridgehead atoms. The van der Waals surface area contributed by atoms with Crippen molar-refractivity contribution in [2.24, 2.45) is 0 Å². The summed E-state index contributed by atoms with van der Waals surface area (Å²) in [6, 6.07) is 19.7. The standard InChI is InChI=1S/C17H15N3O2/c18-12-6-1-3-8-14(12)21-16-10-5-11-17(20-16)22-15-9-4-2-7-13(15)19/h1-11H,18-19H2. The van der Waals surface area contributed by atoms with E-state index in [9.17, 15) is 0 Å². The minimum Gasteiger partial charge on any atom is -0.437 e. The number of hydrogen-bond acceptors (Lipinski definition) is 5. The molecular weight excluding hydrogens is 278 g/mol. The van der Waals surface area contributed by atoms with E-state index in [-0.39, 0.29) is 0 Å². The summed E-state index contributed by atoms with van der Waals surface area (Å²) in [7, 11) is 0. The predicted octanol–water partition coefficient (Wildman–Crippen LogP) is 3.83. The molecule has 0 spiro atoms. The van der Waals surface area contributed by atoms with Crippen LogP contribution < -0.4 is 20.9 Å². The third-order valence-electron chi connectivity index (χ3n) is 2.97. The maximum absolute atomic E-state index is 5.85. The topological polar surface area (TPSA) is 83.4 Å². The summed E-state index contributed by atoms with van der Waals surface area (Å²) in [4.78, 5) is 4.29. The first-order chi connectivity index (χ1) is 10.7. The van der Waals surface area contributed by atoms with Crippen LogP contribution in [-0.2, 0) is 0 Å². The number of aromatic nitrogens is 1.